The minimum Gasteiger partial charge on any atom is -0.478 e. The minimum atomic E-state index is -3.82. The van der Waals surface area contributed by atoms with E-state index in [2.05, 4.69) is 10.0 Å². The average molecular weight is 376 g/mol. The number of hydrogen-bond donors (Lipinski definition) is 3. The third kappa shape index (κ3) is 5.06. The molecule has 26 heavy (non-hydrogen) atoms. The fourth-order valence-electron chi connectivity index (χ4n) is 2.52. The highest BCUT2D eigenvalue weighted by molar-refractivity contribution is 7.89. The van der Waals surface area contributed by atoms with Crippen molar-refractivity contribution in [3.8, 4) is 0 Å². The van der Waals surface area contributed by atoms with Crippen LogP contribution in [0.4, 0.5) is 5.69 Å². The van der Waals surface area contributed by atoms with Crippen molar-refractivity contribution in [2.24, 2.45) is 0 Å². The Kier molecular flexibility index (Phi) is 6.76. The lowest BCUT2D eigenvalue weighted by Crippen LogP contribution is -2.26. The molecule has 0 heterocycles. The summed E-state index contributed by atoms with van der Waals surface area (Å²) in [4.78, 5) is 11.2. The molecule has 2 rings (SSSR count). The lowest BCUT2D eigenvalue weighted by atomic mass is 10.1. The second-order valence-electron chi connectivity index (χ2n) is 6.04. The van der Waals surface area contributed by atoms with Crippen molar-refractivity contribution in [2.45, 2.75) is 37.6 Å². The van der Waals surface area contributed by atoms with Crippen molar-refractivity contribution in [3.63, 3.8) is 0 Å². The van der Waals surface area contributed by atoms with E-state index in [1.165, 1.54) is 18.2 Å². The van der Waals surface area contributed by atoms with Crippen molar-refractivity contribution < 1.29 is 18.3 Å². The second-order valence-corrected chi connectivity index (χ2v) is 7.78. The standard InChI is InChI=1S/C19H24N2O4S/c1-3-4-12-20-26(24,25)18-13-16(19(22)23)10-11-17(18)21-14(2)15-8-6-5-7-9-15/h5-11,13-14,20-21H,3-4,12H2,1-2H3,(H,22,23)/t14-/m0/s1. The number of carboxylic acids is 1. The number of carboxylic acid groups (broad SMARTS) is 1. The molecule has 0 spiro atoms. The van der Waals surface area contributed by atoms with Crippen LogP contribution < -0.4 is 10.0 Å². The summed E-state index contributed by atoms with van der Waals surface area (Å²) < 4.78 is 27.9. The van der Waals surface area contributed by atoms with Crippen molar-refractivity contribution >= 4 is 21.7 Å². The van der Waals surface area contributed by atoms with Gasteiger partial charge in [-0.25, -0.2) is 17.9 Å². The van der Waals surface area contributed by atoms with Crippen LogP contribution in [0.5, 0.6) is 0 Å². The Hall–Kier alpha value is -2.38. The Morgan fingerprint density at radius 2 is 1.85 bits per heavy atom. The molecule has 2 aromatic rings. The number of nitrogens with one attached hydrogen (secondary N) is 2. The zero-order valence-electron chi connectivity index (χ0n) is 14.9. The largest absolute Gasteiger partial charge is 0.478 e. The highest BCUT2D eigenvalue weighted by Gasteiger charge is 2.21. The predicted molar refractivity (Wildman–Crippen MR) is 102 cm³/mol. The molecule has 7 heteroatoms. The van der Waals surface area contributed by atoms with Crippen LogP contribution >= 0.6 is 0 Å². The molecule has 0 bridgehead atoms. The molecule has 0 aliphatic carbocycles. The topological polar surface area (TPSA) is 95.5 Å². The van der Waals surface area contributed by atoms with Gasteiger partial charge in [-0.15, -0.1) is 0 Å². The number of aromatic carboxylic acids is 1. The molecule has 140 valence electrons. The molecule has 0 amide bonds. The van der Waals surface area contributed by atoms with Gasteiger partial charge in [-0.1, -0.05) is 43.7 Å². The SMILES string of the molecule is CCCCNS(=O)(=O)c1cc(C(=O)O)ccc1N[C@@H](C)c1ccccc1. The first-order chi connectivity index (χ1) is 12.3. The van der Waals surface area contributed by atoms with Crippen LogP contribution in [0, 0.1) is 0 Å². The number of sulfonamides is 1. The molecule has 0 fully saturated rings. The molecule has 6 nitrogen and oxygen atoms in total. The fraction of sp³-hybridized carbons (Fsp3) is 0.316. The lowest BCUT2D eigenvalue weighted by molar-refractivity contribution is 0.0696. The first kappa shape index (κ1) is 19.9. The Bertz CT molecular complexity index is 851. The van der Waals surface area contributed by atoms with E-state index in [9.17, 15) is 18.3 Å². The first-order valence-corrected chi connectivity index (χ1v) is 10.0. The Morgan fingerprint density at radius 3 is 2.46 bits per heavy atom. The van der Waals surface area contributed by atoms with Crippen LogP contribution in [0.1, 0.15) is 48.7 Å². The van der Waals surface area contributed by atoms with E-state index in [1.54, 1.807) is 0 Å². The van der Waals surface area contributed by atoms with E-state index in [-0.39, 0.29) is 16.5 Å². The molecule has 0 aliphatic heterocycles. The summed E-state index contributed by atoms with van der Waals surface area (Å²) in [6.45, 7) is 4.19. The average Bonchev–Trinajstić information content (AvgIpc) is 2.62. The summed E-state index contributed by atoms with van der Waals surface area (Å²) in [6, 6.07) is 13.5. The molecule has 1 atom stereocenters. The number of benzene rings is 2. The van der Waals surface area contributed by atoms with Crippen LogP contribution in [-0.2, 0) is 10.0 Å². The summed E-state index contributed by atoms with van der Waals surface area (Å²) in [5, 5.41) is 12.4. The van der Waals surface area contributed by atoms with Crippen molar-refractivity contribution in [2.75, 3.05) is 11.9 Å². The van der Waals surface area contributed by atoms with Gasteiger partial charge in [-0.3, -0.25) is 0 Å². The minimum absolute atomic E-state index is 0.0590. The van der Waals surface area contributed by atoms with Gasteiger partial charge in [0.05, 0.1) is 11.3 Å². The number of unbranched alkanes of at least 4 members (excludes halogenated alkanes) is 1. The Labute approximate surface area is 154 Å². The van der Waals surface area contributed by atoms with Gasteiger partial charge in [0, 0.05) is 12.6 Å². The van der Waals surface area contributed by atoms with E-state index < -0.39 is 16.0 Å². The van der Waals surface area contributed by atoms with Crippen molar-refractivity contribution in [1.82, 2.24) is 4.72 Å². The van der Waals surface area contributed by atoms with Crippen molar-refractivity contribution in [3.05, 3.63) is 59.7 Å². The van der Waals surface area contributed by atoms with Gasteiger partial charge in [0.15, 0.2) is 0 Å². The molecule has 3 N–H and O–H groups in total. The Balaban J connectivity index is 2.37. The maximum absolute atomic E-state index is 12.7. The maximum atomic E-state index is 12.7. The zero-order chi connectivity index (χ0) is 19.2. The summed E-state index contributed by atoms with van der Waals surface area (Å²) in [7, 11) is -3.82. The fourth-order valence-corrected chi connectivity index (χ4v) is 3.78. The normalized spacial score (nSPS) is 12.5. The van der Waals surface area contributed by atoms with E-state index >= 15 is 0 Å². The second kappa shape index (κ2) is 8.82. The molecule has 0 radical (unpaired) electrons. The monoisotopic (exact) mass is 376 g/mol. The van der Waals surface area contributed by atoms with E-state index in [0.29, 0.717) is 18.7 Å². The van der Waals surface area contributed by atoms with E-state index in [0.717, 1.165) is 12.0 Å². The molecular formula is C19H24N2O4S. The van der Waals surface area contributed by atoms with Crippen LogP contribution in [0.25, 0.3) is 0 Å². The Morgan fingerprint density at radius 1 is 1.15 bits per heavy atom. The van der Waals surface area contributed by atoms with Crippen LogP contribution in [0.2, 0.25) is 0 Å². The molecule has 0 saturated heterocycles. The van der Waals surface area contributed by atoms with Crippen LogP contribution in [-0.4, -0.2) is 26.0 Å². The van der Waals surface area contributed by atoms with E-state index in [1.807, 2.05) is 44.2 Å². The highest BCUT2D eigenvalue weighted by Crippen LogP contribution is 2.27. The van der Waals surface area contributed by atoms with Gasteiger partial charge >= 0.3 is 5.97 Å². The number of carbonyl (C=O) groups is 1. The summed E-state index contributed by atoms with van der Waals surface area (Å²) in [5.74, 6) is -1.17. The van der Waals surface area contributed by atoms with Crippen LogP contribution in [0.3, 0.4) is 0 Å². The summed E-state index contributed by atoms with van der Waals surface area (Å²) >= 11 is 0. The van der Waals surface area contributed by atoms with Gasteiger partial charge in [-0.2, -0.15) is 0 Å². The quantitative estimate of drug-likeness (QED) is 0.581. The van der Waals surface area contributed by atoms with E-state index in [4.69, 9.17) is 0 Å². The van der Waals surface area contributed by atoms with Crippen molar-refractivity contribution in [1.29, 1.82) is 0 Å². The molecule has 0 unspecified atom stereocenters. The van der Waals surface area contributed by atoms with Gasteiger partial charge in [0.2, 0.25) is 10.0 Å². The smallest absolute Gasteiger partial charge is 0.335 e. The van der Waals surface area contributed by atoms with Gasteiger partial charge in [-0.05, 0) is 37.1 Å². The first-order valence-electron chi connectivity index (χ1n) is 8.53. The summed E-state index contributed by atoms with van der Waals surface area (Å²) in [6.07, 6.45) is 1.56. The molecule has 2 aromatic carbocycles. The van der Waals surface area contributed by atoms with Crippen LogP contribution in [0.15, 0.2) is 53.4 Å². The predicted octanol–water partition coefficient (Wildman–Crippen LogP) is 3.64. The van der Waals surface area contributed by atoms with Gasteiger partial charge in [0.25, 0.3) is 0 Å². The third-order valence-corrected chi connectivity index (χ3v) is 5.51. The van der Waals surface area contributed by atoms with Gasteiger partial charge < -0.3 is 10.4 Å². The molecule has 0 aromatic heterocycles. The summed E-state index contributed by atoms with van der Waals surface area (Å²) in [5.41, 5.74) is 1.30. The molecule has 0 saturated carbocycles. The number of rotatable bonds is 9. The highest BCUT2D eigenvalue weighted by atomic mass is 32.2. The van der Waals surface area contributed by atoms with Gasteiger partial charge in [0.1, 0.15) is 4.90 Å². The number of anilines is 1. The molecule has 0 aliphatic rings. The zero-order valence-corrected chi connectivity index (χ0v) is 15.7. The number of hydrogen-bond acceptors (Lipinski definition) is 4. The lowest BCUT2D eigenvalue weighted by Gasteiger charge is -2.19. The third-order valence-electron chi connectivity index (χ3n) is 4.01. The molecular weight excluding hydrogens is 352 g/mol. The maximum Gasteiger partial charge on any atom is 0.335 e.